The Morgan fingerprint density at radius 1 is 1.40 bits per heavy atom. The molecule has 0 unspecified atom stereocenters. The van der Waals surface area contributed by atoms with Crippen LogP contribution < -0.4 is 4.74 Å². The van der Waals surface area contributed by atoms with Gasteiger partial charge in [-0.3, -0.25) is 15.0 Å². The topological polar surface area (TPSA) is 99.0 Å². The van der Waals surface area contributed by atoms with E-state index in [1.807, 2.05) is 0 Å². The van der Waals surface area contributed by atoms with Crippen molar-refractivity contribution in [2.24, 2.45) is 0 Å². The predicted molar refractivity (Wildman–Crippen MR) is 73.9 cm³/mol. The summed E-state index contributed by atoms with van der Waals surface area (Å²) in [4.78, 5) is 14.8. The molecule has 20 heavy (non-hydrogen) atoms. The Balaban J connectivity index is 3.52. The molecule has 0 amide bonds. The molecular formula is C10H13BrN2O6S. The monoisotopic (exact) mass is 368 g/mol. The summed E-state index contributed by atoms with van der Waals surface area (Å²) >= 11 is 3.06. The number of halogens is 1. The Morgan fingerprint density at radius 2 is 2.00 bits per heavy atom. The highest BCUT2D eigenvalue weighted by atomic mass is 79.9. The first-order valence-electron chi connectivity index (χ1n) is 5.38. The molecule has 0 spiro atoms. The number of sulfonamides is 1. The maximum Gasteiger partial charge on any atom is 0.313 e. The minimum Gasteiger partial charge on any atom is -0.489 e. The summed E-state index contributed by atoms with van der Waals surface area (Å²) in [6.07, 6.45) is 0. The second-order valence-corrected chi connectivity index (χ2v) is 6.20. The summed E-state index contributed by atoms with van der Waals surface area (Å²) < 4.78 is 30.3. The van der Waals surface area contributed by atoms with Crippen molar-refractivity contribution in [2.45, 2.75) is 11.8 Å². The van der Waals surface area contributed by atoms with Gasteiger partial charge < -0.3 is 4.74 Å². The van der Waals surface area contributed by atoms with Crippen LogP contribution in [0.4, 0.5) is 5.69 Å². The van der Waals surface area contributed by atoms with Gasteiger partial charge in [0.05, 0.1) is 28.5 Å². The van der Waals surface area contributed by atoms with Crippen LogP contribution in [0.15, 0.2) is 21.5 Å². The molecule has 112 valence electrons. The molecule has 1 rings (SSSR count). The third-order valence-electron chi connectivity index (χ3n) is 2.43. The summed E-state index contributed by atoms with van der Waals surface area (Å²) in [5.74, 6) is -0.0468. The fourth-order valence-electron chi connectivity index (χ4n) is 1.56. The molecule has 0 fully saturated rings. The van der Waals surface area contributed by atoms with E-state index in [1.165, 1.54) is 20.3 Å². The molecule has 0 radical (unpaired) electrons. The standard InChI is InChI=1S/C10H13BrN2O6S/c1-4-12(19-3)20(16,17)7-5-8(11)10(18-2)9(6-7)13(14)15/h5-6H,4H2,1-3H3. The number of nitro groups is 1. The van der Waals surface area contributed by atoms with E-state index in [0.29, 0.717) is 0 Å². The van der Waals surface area contributed by atoms with Crippen molar-refractivity contribution < 1.29 is 22.9 Å². The van der Waals surface area contributed by atoms with Crippen LogP contribution in [-0.2, 0) is 14.9 Å². The first kappa shape index (κ1) is 16.8. The van der Waals surface area contributed by atoms with E-state index in [-0.39, 0.29) is 21.7 Å². The smallest absolute Gasteiger partial charge is 0.313 e. The quantitative estimate of drug-likeness (QED) is 0.561. The number of ether oxygens (including phenoxy) is 1. The molecule has 0 N–H and O–H groups in total. The van der Waals surface area contributed by atoms with Gasteiger partial charge in [0.15, 0.2) is 0 Å². The van der Waals surface area contributed by atoms with Gasteiger partial charge in [0.2, 0.25) is 5.75 Å². The maximum absolute atomic E-state index is 12.2. The Hall–Kier alpha value is -1.23. The van der Waals surface area contributed by atoms with Gasteiger partial charge in [0.1, 0.15) is 0 Å². The lowest BCUT2D eigenvalue weighted by atomic mass is 10.3. The minimum absolute atomic E-state index is 0.0468. The lowest BCUT2D eigenvalue weighted by Gasteiger charge is -2.17. The van der Waals surface area contributed by atoms with E-state index >= 15 is 0 Å². The Kier molecular flexibility index (Phi) is 5.45. The normalized spacial score (nSPS) is 11.7. The van der Waals surface area contributed by atoms with E-state index in [0.717, 1.165) is 10.5 Å². The molecule has 1 aromatic carbocycles. The second kappa shape index (κ2) is 6.48. The van der Waals surface area contributed by atoms with E-state index in [4.69, 9.17) is 9.57 Å². The van der Waals surface area contributed by atoms with Gasteiger partial charge in [-0.1, -0.05) is 4.47 Å². The number of hydroxylamine groups is 1. The van der Waals surface area contributed by atoms with Crippen LogP contribution in [-0.4, -0.2) is 38.6 Å². The molecule has 0 bridgehead atoms. The zero-order chi connectivity index (χ0) is 15.5. The van der Waals surface area contributed by atoms with Crippen LogP contribution in [0.5, 0.6) is 5.75 Å². The van der Waals surface area contributed by atoms with Crippen molar-refractivity contribution in [3.05, 3.63) is 26.7 Å². The predicted octanol–water partition coefficient (Wildman–Crippen LogP) is 1.94. The fraction of sp³-hybridized carbons (Fsp3) is 0.400. The average molecular weight is 369 g/mol. The molecule has 8 nitrogen and oxygen atoms in total. The number of rotatable bonds is 6. The molecule has 0 heterocycles. The van der Waals surface area contributed by atoms with E-state index < -0.39 is 20.6 Å². The molecule has 0 atom stereocenters. The largest absolute Gasteiger partial charge is 0.489 e. The SMILES string of the molecule is CCN(OC)S(=O)(=O)c1cc(Br)c(OC)c([N+](=O)[O-])c1. The number of methoxy groups -OCH3 is 1. The number of hydrogen-bond acceptors (Lipinski definition) is 6. The molecule has 0 aliphatic carbocycles. The van der Waals surface area contributed by atoms with Crippen molar-refractivity contribution in [2.75, 3.05) is 20.8 Å². The molecule has 1 aromatic rings. The fourth-order valence-corrected chi connectivity index (χ4v) is 3.62. The molecule has 0 aliphatic rings. The molecule has 0 saturated carbocycles. The van der Waals surface area contributed by atoms with Crippen LogP contribution in [0.25, 0.3) is 0 Å². The maximum atomic E-state index is 12.2. The third-order valence-corrected chi connectivity index (χ3v) is 4.79. The highest BCUT2D eigenvalue weighted by Gasteiger charge is 2.29. The van der Waals surface area contributed by atoms with E-state index in [9.17, 15) is 18.5 Å². The number of nitrogens with zero attached hydrogens (tertiary/aromatic N) is 2. The van der Waals surface area contributed by atoms with Gasteiger partial charge in [0, 0.05) is 12.6 Å². The summed E-state index contributed by atoms with van der Waals surface area (Å²) in [6, 6.07) is 2.16. The van der Waals surface area contributed by atoms with Gasteiger partial charge in [-0.15, -0.1) is 0 Å². The van der Waals surface area contributed by atoms with E-state index in [1.54, 1.807) is 6.92 Å². The molecule has 10 heteroatoms. The van der Waals surface area contributed by atoms with Crippen LogP contribution in [0.3, 0.4) is 0 Å². The first-order chi connectivity index (χ1) is 9.29. The van der Waals surface area contributed by atoms with Gasteiger partial charge in [-0.05, 0) is 28.9 Å². The van der Waals surface area contributed by atoms with Crippen molar-refractivity contribution in [3.63, 3.8) is 0 Å². The Labute approximate surface area is 124 Å². The van der Waals surface area contributed by atoms with Gasteiger partial charge in [-0.2, -0.15) is 0 Å². The van der Waals surface area contributed by atoms with Crippen LogP contribution in [0.1, 0.15) is 6.92 Å². The zero-order valence-corrected chi connectivity index (χ0v) is 13.4. The van der Waals surface area contributed by atoms with Crippen LogP contribution >= 0.6 is 15.9 Å². The van der Waals surface area contributed by atoms with Crippen molar-refractivity contribution in [1.29, 1.82) is 0 Å². The number of nitro benzene ring substituents is 1. The Morgan fingerprint density at radius 3 is 2.40 bits per heavy atom. The van der Waals surface area contributed by atoms with Crippen LogP contribution in [0.2, 0.25) is 0 Å². The van der Waals surface area contributed by atoms with Gasteiger partial charge in [0.25, 0.3) is 10.0 Å². The van der Waals surface area contributed by atoms with Crippen molar-refractivity contribution in [1.82, 2.24) is 4.47 Å². The zero-order valence-electron chi connectivity index (χ0n) is 11.0. The average Bonchev–Trinajstić information content (AvgIpc) is 2.38. The van der Waals surface area contributed by atoms with Gasteiger partial charge >= 0.3 is 5.69 Å². The lowest BCUT2D eigenvalue weighted by molar-refractivity contribution is -0.386. The minimum atomic E-state index is -3.98. The van der Waals surface area contributed by atoms with Gasteiger partial charge in [-0.25, -0.2) is 8.42 Å². The van der Waals surface area contributed by atoms with Crippen LogP contribution in [0, 0.1) is 10.1 Å². The molecule has 0 saturated heterocycles. The molecule has 0 aromatic heterocycles. The second-order valence-electron chi connectivity index (χ2n) is 3.52. The highest BCUT2D eigenvalue weighted by Crippen LogP contribution is 2.37. The number of benzene rings is 1. The molecule has 0 aliphatic heterocycles. The summed E-state index contributed by atoms with van der Waals surface area (Å²) in [7, 11) is -1.52. The number of hydrogen-bond donors (Lipinski definition) is 0. The first-order valence-corrected chi connectivity index (χ1v) is 7.61. The van der Waals surface area contributed by atoms with Crippen molar-refractivity contribution >= 4 is 31.6 Å². The summed E-state index contributed by atoms with van der Waals surface area (Å²) in [5, 5.41) is 11.0. The lowest BCUT2D eigenvalue weighted by Crippen LogP contribution is -2.29. The summed E-state index contributed by atoms with van der Waals surface area (Å²) in [6.45, 7) is 1.64. The highest BCUT2D eigenvalue weighted by molar-refractivity contribution is 9.10. The van der Waals surface area contributed by atoms with E-state index in [2.05, 4.69) is 15.9 Å². The Bertz CT molecular complexity index is 614. The summed E-state index contributed by atoms with van der Waals surface area (Å²) in [5.41, 5.74) is -0.451. The molecular weight excluding hydrogens is 356 g/mol. The van der Waals surface area contributed by atoms with Crippen molar-refractivity contribution in [3.8, 4) is 5.75 Å². The third kappa shape index (κ3) is 3.08.